The number of nitrogens with two attached hydrogens (primary N) is 1. The number of hydrogen-bond donors (Lipinski definition) is 2. The Morgan fingerprint density at radius 2 is 2.05 bits per heavy atom. The van der Waals surface area contributed by atoms with Gasteiger partial charge in [0, 0.05) is 4.47 Å². The van der Waals surface area contributed by atoms with Crippen LogP contribution in [0, 0.1) is 10.1 Å². The molecular weight excluding hydrogens is 326 g/mol. The Bertz CT molecular complexity index is 632. The standard InChI is InChI=1S/C12H12BrN5O2/c1-7(8-2-4-9(13)5-3-8)16-11-10(18(19)20)6-15-12(14)17-11/h2-7H,1H3,(H3,14,15,16,17). The van der Waals surface area contributed by atoms with Gasteiger partial charge in [-0.05, 0) is 24.6 Å². The fourth-order valence-electron chi connectivity index (χ4n) is 1.67. The Hall–Kier alpha value is -2.22. The molecule has 0 amide bonds. The molecule has 0 bridgehead atoms. The van der Waals surface area contributed by atoms with E-state index in [9.17, 15) is 10.1 Å². The molecule has 0 aliphatic carbocycles. The molecule has 1 atom stereocenters. The highest BCUT2D eigenvalue weighted by molar-refractivity contribution is 9.10. The van der Waals surface area contributed by atoms with Crippen LogP contribution in [0.4, 0.5) is 17.5 Å². The highest BCUT2D eigenvalue weighted by Crippen LogP contribution is 2.26. The highest BCUT2D eigenvalue weighted by atomic mass is 79.9. The third kappa shape index (κ3) is 3.21. The maximum atomic E-state index is 10.9. The van der Waals surface area contributed by atoms with Crippen LogP contribution in [0.3, 0.4) is 0 Å². The van der Waals surface area contributed by atoms with E-state index in [4.69, 9.17) is 5.73 Å². The summed E-state index contributed by atoms with van der Waals surface area (Å²) in [6, 6.07) is 7.47. The zero-order valence-corrected chi connectivity index (χ0v) is 12.2. The molecule has 2 rings (SSSR count). The monoisotopic (exact) mass is 337 g/mol. The maximum absolute atomic E-state index is 10.9. The molecule has 7 nitrogen and oxygen atoms in total. The van der Waals surface area contributed by atoms with E-state index in [0.717, 1.165) is 16.2 Å². The summed E-state index contributed by atoms with van der Waals surface area (Å²) >= 11 is 3.35. The molecule has 0 saturated heterocycles. The van der Waals surface area contributed by atoms with Crippen LogP contribution in [-0.2, 0) is 0 Å². The topological polar surface area (TPSA) is 107 Å². The van der Waals surface area contributed by atoms with Crippen molar-refractivity contribution in [1.29, 1.82) is 0 Å². The lowest BCUT2D eigenvalue weighted by Crippen LogP contribution is -2.11. The maximum Gasteiger partial charge on any atom is 0.329 e. The minimum absolute atomic E-state index is 0.0129. The molecule has 0 radical (unpaired) electrons. The van der Waals surface area contributed by atoms with Crippen molar-refractivity contribution in [2.24, 2.45) is 0 Å². The third-order valence-electron chi connectivity index (χ3n) is 2.71. The lowest BCUT2D eigenvalue weighted by Gasteiger charge is -2.15. The molecule has 3 N–H and O–H groups in total. The van der Waals surface area contributed by atoms with Gasteiger partial charge in [-0.2, -0.15) is 4.98 Å². The molecule has 0 aliphatic heterocycles. The van der Waals surface area contributed by atoms with Crippen LogP contribution < -0.4 is 11.1 Å². The van der Waals surface area contributed by atoms with Crippen LogP contribution in [0.1, 0.15) is 18.5 Å². The highest BCUT2D eigenvalue weighted by Gasteiger charge is 2.18. The predicted octanol–water partition coefficient (Wildman–Crippen LogP) is 2.90. The van der Waals surface area contributed by atoms with Gasteiger partial charge in [0.25, 0.3) is 0 Å². The molecular formula is C12H12BrN5O2. The van der Waals surface area contributed by atoms with Crippen molar-refractivity contribution >= 4 is 33.4 Å². The lowest BCUT2D eigenvalue weighted by molar-refractivity contribution is -0.384. The summed E-state index contributed by atoms with van der Waals surface area (Å²) < 4.78 is 0.964. The molecule has 104 valence electrons. The van der Waals surface area contributed by atoms with Gasteiger partial charge >= 0.3 is 5.69 Å². The molecule has 2 aromatic rings. The fraction of sp³-hybridized carbons (Fsp3) is 0.167. The SMILES string of the molecule is CC(Nc1nc(N)ncc1[N+](=O)[O-])c1ccc(Br)cc1. The predicted molar refractivity (Wildman–Crippen MR) is 79.3 cm³/mol. The molecule has 1 aromatic carbocycles. The molecule has 1 heterocycles. The quantitative estimate of drug-likeness (QED) is 0.656. The van der Waals surface area contributed by atoms with Crippen molar-refractivity contribution in [2.45, 2.75) is 13.0 Å². The van der Waals surface area contributed by atoms with Crippen LogP contribution >= 0.6 is 15.9 Å². The van der Waals surface area contributed by atoms with Gasteiger partial charge in [0.1, 0.15) is 6.20 Å². The van der Waals surface area contributed by atoms with E-state index < -0.39 is 4.92 Å². The first-order chi connectivity index (χ1) is 9.47. The Morgan fingerprint density at radius 1 is 1.40 bits per heavy atom. The second-order valence-corrected chi connectivity index (χ2v) is 5.05. The summed E-state index contributed by atoms with van der Waals surface area (Å²) in [4.78, 5) is 17.9. The molecule has 0 aliphatic rings. The van der Waals surface area contributed by atoms with Crippen molar-refractivity contribution in [1.82, 2.24) is 9.97 Å². The van der Waals surface area contributed by atoms with Crippen LogP contribution in [0.25, 0.3) is 0 Å². The number of halogens is 1. The second kappa shape index (κ2) is 5.83. The summed E-state index contributed by atoms with van der Waals surface area (Å²) in [7, 11) is 0. The molecule has 1 unspecified atom stereocenters. The van der Waals surface area contributed by atoms with E-state index in [1.165, 1.54) is 0 Å². The zero-order chi connectivity index (χ0) is 14.7. The van der Waals surface area contributed by atoms with Gasteiger partial charge in [-0.1, -0.05) is 28.1 Å². The van der Waals surface area contributed by atoms with Crippen molar-refractivity contribution < 1.29 is 4.92 Å². The summed E-state index contributed by atoms with van der Waals surface area (Å²) in [5, 5.41) is 13.9. The van der Waals surface area contributed by atoms with Crippen molar-refractivity contribution in [2.75, 3.05) is 11.1 Å². The van der Waals surface area contributed by atoms with E-state index in [1.54, 1.807) is 0 Å². The first-order valence-corrected chi connectivity index (χ1v) is 6.55. The zero-order valence-electron chi connectivity index (χ0n) is 10.6. The van der Waals surface area contributed by atoms with E-state index >= 15 is 0 Å². The second-order valence-electron chi connectivity index (χ2n) is 4.14. The number of nitrogens with zero attached hydrogens (tertiary/aromatic N) is 3. The average molecular weight is 338 g/mol. The first kappa shape index (κ1) is 14.2. The largest absolute Gasteiger partial charge is 0.368 e. The summed E-state index contributed by atoms with van der Waals surface area (Å²) in [5.74, 6) is 0.0963. The van der Waals surface area contributed by atoms with Gasteiger partial charge in [0.05, 0.1) is 11.0 Å². The number of nitrogens with one attached hydrogen (secondary N) is 1. The Kier molecular flexibility index (Phi) is 4.14. The van der Waals surface area contributed by atoms with Crippen molar-refractivity contribution in [3.63, 3.8) is 0 Å². The Balaban J connectivity index is 2.27. The van der Waals surface area contributed by atoms with Crippen LogP contribution in [0.15, 0.2) is 34.9 Å². The minimum atomic E-state index is -0.546. The normalized spacial score (nSPS) is 11.9. The van der Waals surface area contributed by atoms with Crippen LogP contribution in [0.5, 0.6) is 0 Å². The minimum Gasteiger partial charge on any atom is -0.368 e. The van der Waals surface area contributed by atoms with Crippen molar-refractivity contribution in [3.05, 3.63) is 50.6 Å². The van der Waals surface area contributed by atoms with E-state index in [0.29, 0.717) is 0 Å². The first-order valence-electron chi connectivity index (χ1n) is 5.76. The summed E-state index contributed by atoms with van der Waals surface area (Å²) in [5.41, 5.74) is 6.24. The van der Waals surface area contributed by atoms with Gasteiger partial charge in [-0.25, -0.2) is 4.98 Å². The van der Waals surface area contributed by atoms with Gasteiger partial charge in [-0.15, -0.1) is 0 Å². The summed E-state index contributed by atoms with van der Waals surface area (Å²) in [6.45, 7) is 1.88. The molecule has 20 heavy (non-hydrogen) atoms. The molecule has 8 heteroatoms. The lowest BCUT2D eigenvalue weighted by atomic mass is 10.1. The van der Waals surface area contributed by atoms with E-state index in [2.05, 4.69) is 31.2 Å². The average Bonchev–Trinajstić information content (AvgIpc) is 2.39. The molecule has 0 fully saturated rings. The number of aromatic nitrogens is 2. The molecule has 0 saturated carbocycles. The number of rotatable bonds is 4. The van der Waals surface area contributed by atoms with E-state index in [-0.39, 0.29) is 23.5 Å². The van der Waals surface area contributed by atoms with Gasteiger partial charge in [0.15, 0.2) is 0 Å². The number of anilines is 2. The third-order valence-corrected chi connectivity index (χ3v) is 3.24. The van der Waals surface area contributed by atoms with Gasteiger partial charge in [-0.3, -0.25) is 10.1 Å². The Morgan fingerprint density at radius 3 is 2.65 bits per heavy atom. The number of benzene rings is 1. The van der Waals surface area contributed by atoms with Crippen molar-refractivity contribution in [3.8, 4) is 0 Å². The number of nitro groups is 1. The van der Waals surface area contributed by atoms with Gasteiger partial charge in [0.2, 0.25) is 11.8 Å². The molecule has 0 spiro atoms. The Labute approximate surface area is 123 Å². The number of hydrogen-bond acceptors (Lipinski definition) is 6. The summed E-state index contributed by atoms with van der Waals surface area (Å²) in [6.07, 6.45) is 1.10. The number of nitrogen functional groups attached to an aromatic ring is 1. The van der Waals surface area contributed by atoms with Crippen LogP contribution in [-0.4, -0.2) is 14.9 Å². The molecule has 1 aromatic heterocycles. The smallest absolute Gasteiger partial charge is 0.329 e. The van der Waals surface area contributed by atoms with Gasteiger partial charge < -0.3 is 11.1 Å². The van der Waals surface area contributed by atoms with E-state index in [1.807, 2.05) is 31.2 Å². The fourth-order valence-corrected chi connectivity index (χ4v) is 1.93. The van der Waals surface area contributed by atoms with Crippen LogP contribution in [0.2, 0.25) is 0 Å².